The Morgan fingerprint density at radius 1 is 1.19 bits per heavy atom. The van der Waals surface area contributed by atoms with Crippen molar-refractivity contribution < 1.29 is 19.2 Å². The molecule has 1 aromatic carbocycles. The van der Waals surface area contributed by atoms with Gasteiger partial charge in [-0.1, -0.05) is 12.1 Å². The van der Waals surface area contributed by atoms with Gasteiger partial charge in [-0.05, 0) is 61.1 Å². The van der Waals surface area contributed by atoms with Crippen molar-refractivity contribution in [2.24, 2.45) is 7.05 Å². The Balaban J connectivity index is 1.45. The number of amides is 1. The number of carbonyl (C=O) groups is 1. The number of fused-ring (bicyclic) bond motifs is 1. The summed E-state index contributed by atoms with van der Waals surface area (Å²) in [6.45, 7) is 2.09. The summed E-state index contributed by atoms with van der Waals surface area (Å²) in [4.78, 5) is 20.1. The summed E-state index contributed by atoms with van der Waals surface area (Å²) in [5, 5.41) is 19.4. The third kappa shape index (κ3) is 4.15. The monoisotopic (exact) mass is 438 g/mol. The highest BCUT2D eigenvalue weighted by molar-refractivity contribution is 6.61. The number of aromatic nitrogens is 2. The molecule has 7 nitrogen and oxygen atoms in total. The van der Waals surface area contributed by atoms with E-state index in [1.54, 1.807) is 30.6 Å². The Bertz CT molecular complexity index is 1120. The van der Waals surface area contributed by atoms with Crippen LogP contribution >= 0.6 is 0 Å². The first-order valence-electron chi connectivity index (χ1n) is 10.8. The molecule has 3 aromatic rings. The number of hydrogen-bond donors (Lipinski definition) is 2. The predicted molar refractivity (Wildman–Crippen MR) is 122 cm³/mol. The number of carbonyl (C=O) groups excluding carboxylic acids is 1. The number of piperidine rings is 1. The van der Waals surface area contributed by atoms with E-state index in [-0.39, 0.29) is 16.8 Å². The van der Waals surface area contributed by atoms with E-state index in [2.05, 4.69) is 9.88 Å². The van der Waals surface area contributed by atoms with Crippen LogP contribution in [0.15, 0.2) is 36.5 Å². The van der Waals surface area contributed by atoms with Crippen molar-refractivity contribution in [2.75, 3.05) is 27.2 Å². The summed E-state index contributed by atoms with van der Waals surface area (Å²) in [5.41, 5.74) is 2.94. The van der Waals surface area contributed by atoms with Gasteiger partial charge in [-0.2, -0.15) is 0 Å². The summed E-state index contributed by atoms with van der Waals surface area (Å²) in [7, 11) is 3.49. The maximum Gasteiger partial charge on any atom is 0.489 e. The number of benzene rings is 1. The minimum absolute atomic E-state index is 0.00489. The highest BCUT2D eigenvalue weighted by atomic mass is 19.1. The van der Waals surface area contributed by atoms with Crippen LogP contribution in [0.5, 0.6) is 0 Å². The van der Waals surface area contributed by atoms with Crippen molar-refractivity contribution in [3.05, 3.63) is 59.2 Å². The molecular formula is C23H28BFN4O3. The van der Waals surface area contributed by atoms with E-state index in [1.807, 2.05) is 24.3 Å². The Kier molecular flexibility index (Phi) is 6.32. The van der Waals surface area contributed by atoms with Gasteiger partial charge < -0.3 is 19.5 Å². The Morgan fingerprint density at radius 2 is 1.84 bits per heavy atom. The van der Waals surface area contributed by atoms with Crippen LogP contribution in [0.25, 0.3) is 11.0 Å². The molecular weight excluding hydrogens is 410 g/mol. The number of nitrogens with zero attached hydrogens (tertiary/aromatic N) is 4. The van der Waals surface area contributed by atoms with Crippen LogP contribution in [0.2, 0.25) is 0 Å². The molecule has 1 amide bonds. The second-order valence-electron chi connectivity index (χ2n) is 8.66. The molecule has 0 bridgehead atoms. The molecule has 0 saturated carbocycles. The van der Waals surface area contributed by atoms with Crippen LogP contribution < -0.4 is 5.46 Å². The number of pyridine rings is 1. The standard InChI is InChI=1S/C23H28BFN4O3/c1-27(2)23(30)17-6-4-15(5-7-17)16-9-12-29(13-10-16)14-19-21(25)20-18(24(31)32)8-11-26-22(20)28(19)3/h4-8,11,16,31-32H,9-10,12-14H2,1-3H3. The quantitative estimate of drug-likeness (QED) is 0.590. The largest absolute Gasteiger partial charge is 0.489 e. The maximum atomic E-state index is 15.2. The van der Waals surface area contributed by atoms with Gasteiger partial charge in [0.15, 0.2) is 5.82 Å². The summed E-state index contributed by atoms with van der Waals surface area (Å²) in [5.74, 6) is -0.0402. The zero-order chi connectivity index (χ0) is 23.0. The normalized spacial score (nSPS) is 15.3. The molecule has 2 N–H and O–H groups in total. The molecule has 32 heavy (non-hydrogen) atoms. The van der Waals surface area contributed by atoms with Gasteiger partial charge in [0.1, 0.15) is 5.65 Å². The Labute approximate surface area is 187 Å². The Hall–Kier alpha value is -2.75. The minimum Gasteiger partial charge on any atom is -0.423 e. The highest BCUT2D eigenvalue weighted by Gasteiger charge is 2.27. The highest BCUT2D eigenvalue weighted by Crippen LogP contribution is 2.30. The van der Waals surface area contributed by atoms with Gasteiger partial charge in [0.25, 0.3) is 5.91 Å². The van der Waals surface area contributed by atoms with Crippen molar-refractivity contribution in [1.82, 2.24) is 19.4 Å². The van der Waals surface area contributed by atoms with Gasteiger partial charge >= 0.3 is 7.12 Å². The van der Waals surface area contributed by atoms with Crippen molar-refractivity contribution >= 4 is 29.5 Å². The molecule has 0 unspecified atom stereocenters. The SMILES string of the molecule is CN(C)C(=O)c1ccc(C2CCN(Cc3c(F)c4c(B(O)O)ccnc4n3C)CC2)cc1. The van der Waals surface area contributed by atoms with Crippen LogP contribution in [-0.2, 0) is 13.6 Å². The average Bonchev–Trinajstić information content (AvgIpc) is 3.04. The number of hydrogen-bond acceptors (Lipinski definition) is 5. The number of likely N-dealkylation sites (tertiary alicyclic amines) is 1. The van der Waals surface area contributed by atoms with Crippen LogP contribution in [0.1, 0.15) is 40.4 Å². The molecule has 1 fully saturated rings. The fraction of sp³-hybridized carbons (Fsp3) is 0.391. The average molecular weight is 438 g/mol. The van der Waals surface area contributed by atoms with Crippen molar-refractivity contribution in [3.8, 4) is 0 Å². The fourth-order valence-electron chi connectivity index (χ4n) is 4.55. The summed E-state index contributed by atoms with van der Waals surface area (Å²) in [6.07, 6.45) is 3.36. The van der Waals surface area contributed by atoms with Gasteiger partial charge in [-0.15, -0.1) is 0 Å². The van der Waals surface area contributed by atoms with Gasteiger partial charge in [0.2, 0.25) is 0 Å². The second kappa shape index (κ2) is 9.01. The molecule has 168 valence electrons. The molecule has 0 aliphatic carbocycles. The smallest absolute Gasteiger partial charge is 0.423 e. The van der Waals surface area contributed by atoms with Crippen LogP contribution in [0.4, 0.5) is 4.39 Å². The summed E-state index contributed by atoms with van der Waals surface area (Å²) in [6, 6.07) is 9.27. The number of aryl methyl sites for hydroxylation is 1. The first-order chi connectivity index (χ1) is 15.3. The lowest BCUT2D eigenvalue weighted by Crippen LogP contribution is -2.33. The second-order valence-corrected chi connectivity index (χ2v) is 8.66. The zero-order valence-electron chi connectivity index (χ0n) is 18.6. The molecule has 0 spiro atoms. The Morgan fingerprint density at radius 3 is 2.44 bits per heavy atom. The van der Waals surface area contributed by atoms with E-state index in [1.165, 1.54) is 17.8 Å². The van der Waals surface area contributed by atoms with E-state index >= 15 is 4.39 Å². The van der Waals surface area contributed by atoms with E-state index in [0.29, 0.717) is 29.4 Å². The molecule has 1 saturated heterocycles. The lowest BCUT2D eigenvalue weighted by Gasteiger charge is -2.32. The van der Waals surface area contributed by atoms with Gasteiger partial charge in [-0.25, -0.2) is 9.37 Å². The van der Waals surface area contributed by atoms with Crippen LogP contribution in [0, 0.1) is 5.82 Å². The van der Waals surface area contributed by atoms with Crippen molar-refractivity contribution in [2.45, 2.75) is 25.3 Å². The summed E-state index contributed by atoms with van der Waals surface area (Å²) >= 11 is 0. The predicted octanol–water partition coefficient (Wildman–Crippen LogP) is 1.47. The van der Waals surface area contributed by atoms with Gasteiger partial charge in [-0.3, -0.25) is 9.69 Å². The third-order valence-corrected chi connectivity index (χ3v) is 6.43. The molecule has 0 radical (unpaired) electrons. The zero-order valence-corrected chi connectivity index (χ0v) is 18.6. The van der Waals surface area contributed by atoms with E-state index in [4.69, 9.17) is 0 Å². The van der Waals surface area contributed by atoms with E-state index < -0.39 is 12.9 Å². The fourth-order valence-corrected chi connectivity index (χ4v) is 4.55. The topological polar surface area (TPSA) is 81.8 Å². The lowest BCUT2D eigenvalue weighted by molar-refractivity contribution is 0.0827. The molecule has 3 heterocycles. The lowest BCUT2D eigenvalue weighted by atomic mass is 9.79. The molecule has 1 aliphatic heterocycles. The van der Waals surface area contributed by atoms with Gasteiger partial charge in [0, 0.05) is 39.4 Å². The maximum absolute atomic E-state index is 15.2. The molecule has 9 heteroatoms. The molecule has 1 aliphatic rings. The number of halogens is 1. The van der Waals surface area contributed by atoms with Crippen molar-refractivity contribution in [1.29, 1.82) is 0 Å². The number of rotatable bonds is 5. The van der Waals surface area contributed by atoms with Gasteiger partial charge in [0.05, 0.1) is 11.1 Å². The molecule has 0 atom stereocenters. The third-order valence-electron chi connectivity index (χ3n) is 6.43. The first kappa shape index (κ1) is 22.4. The summed E-state index contributed by atoms with van der Waals surface area (Å²) < 4.78 is 16.9. The van der Waals surface area contributed by atoms with Crippen molar-refractivity contribution in [3.63, 3.8) is 0 Å². The first-order valence-corrected chi connectivity index (χ1v) is 10.8. The minimum atomic E-state index is -1.75. The van der Waals surface area contributed by atoms with E-state index in [0.717, 1.165) is 25.9 Å². The van der Waals surface area contributed by atoms with E-state index in [9.17, 15) is 14.8 Å². The van der Waals surface area contributed by atoms with Crippen LogP contribution in [0.3, 0.4) is 0 Å². The van der Waals surface area contributed by atoms with Crippen LogP contribution in [-0.4, -0.2) is 69.6 Å². The molecule has 2 aromatic heterocycles. The molecule has 4 rings (SSSR count).